The highest BCUT2D eigenvalue weighted by Gasteiger charge is 2.21. The predicted molar refractivity (Wildman–Crippen MR) is 80.3 cm³/mol. The molecule has 3 N–H and O–H groups in total. The van der Waals surface area contributed by atoms with Gasteiger partial charge in [0.25, 0.3) is 0 Å². The number of methoxy groups -OCH3 is 1. The Bertz CT molecular complexity index is 442. The molecule has 20 heavy (non-hydrogen) atoms. The van der Waals surface area contributed by atoms with Gasteiger partial charge in [-0.15, -0.1) is 0 Å². The third-order valence-corrected chi connectivity index (χ3v) is 3.83. The van der Waals surface area contributed by atoms with E-state index in [1.165, 1.54) is 0 Å². The molecule has 1 aromatic carbocycles. The highest BCUT2D eigenvalue weighted by Crippen LogP contribution is 2.23. The first kappa shape index (κ1) is 14.7. The molecule has 0 saturated heterocycles. The Morgan fingerprint density at radius 2 is 1.80 bits per heavy atom. The van der Waals surface area contributed by atoms with Gasteiger partial charge in [-0.1, -0.05) is 12.1 Å². The molecule has 0 radical (unpaired) electrons. The van der Waals surface area contributed by atoms with Gasteiger partial charge in [0.2, 0.25) is 0 Å². The lowest BCUT2D eigenvalue weighted by Crippen LogP contribution is -2.43. The highest BCUT2D eigenvalue weighted by molar-refractivity contribution is 5.91. The summed E-state index contributed by atoms with van der Waals surface area (Å²) in [5, 5.41) is 9.16. The SMILES string of the molecule is CNC1CCC(NC(=O)Nc2ccccc2OC)CC1. The average Bonchev–Trinajstić information content (AvgIpc) is 2.48. The molecule has 0 heterocycles. The average molecular weight is 277 g/mol. The maximum Gasteiger partial charge on any atom is 0.319 e. The van der Waals surface area contributed by atoms with Crippen LogP contribution in [0.15, 0.2) is 24.3 Å². The molecule has 0 bridgehead atoms. The van der Waals surface area contributed by atoms with Crippen LogP contribution >= 0.6 is 0 Å². The number of hydrogen-bond donors (Lipinski definition) is 3. The number of benzene rings is 1. The summed E-state index contributed by atoms with van der Waals surface area (Å²) in [5.74, 6) is 0.668. The minimum Gasteiger partial charge on any atom is -0.495 e. The molecule has 5 nitrogen and oxygen atoms in total. The first-order chi connectivity index (χ1) is 9.72. The van der Waals surface area contributed by atoms with Gasteiger partial charge in [0.15, 0.2) is 0 Å². The Balaban J connectivity index is 1.84. The van der Waals surface area contributed by atoms with Crippen LogP contribution in [0.5, 0.6) is 5.75 Å². The van der Waals surface area contributed by atoms with Gasteiger partial charge in [-0.2, -0.15) is 0 Å². The van der Waals surface area contributed by atoms with Gasteiger partial charge >= 0.3 is 6.03 Å². The lowest BCUT2D eigenvalue weighted by atomic mass is 9.91. The molecular weight excluding hydrogens is 254 g/mol. The number of nitrogens with one attached hydrogen (secondary N) is 3. The lowest BCUT2D eigenvalue weighted by Gasteiger charge is -2.28. The number of urea groups is 1. The summed E-state index contributed by atoms with van der Waals surface area (Å²) in [7, 11) is 3.59. The van der Waals surface area contributed by atoms with Crippen molar-refractivity contribution in [3.63, 3.8) is 0 Å². The Morgan fingerprint density at radius 3 is 2.45 bits per heavy atom. The van der Waals surface area contributed by atoms with Crippen LogP contribution in [0.1, 0.15) is 25.7 Å². The maximum atomic E-state index is 12.0. The molecule has 1 aromatic rings. The molecule has 0 unspecified atom stereocenters. The molecule has 2 amide bonds. The van der Waals surface area contributed by atoms with E-state index in [9.17, 15) is 4.79 Å². The van der Waals surface area contributed by atoms with Crippen molar-refractivity contribution in [3.8, 4) is 5.75 Å². The van der Waals surface area contributed by atoms with Crippen molar-refractivity contribution in [1.29, 1.82) is 0 Å². The van der Waals surface area contributed by atoms with Crippen LogP contribution in [0, 0.1) is 0 Å². The summed E-state index contributed by atoms with van der Waals surface area (Å²) in [6.07, 6.45) is 4.25. The van der Waals surface area contributed by atoms with E-state index in [0.29, 0.717) is 17.5 Å². The smallest absolute Gasteiger partial charge is 0.319 e. The van der Waals surface area contributed by atoms with Crippen molar-refractivity contribution in [3.05, 3.63) is 24.3 Å². The molecule has 0 atom stereocenters. The number of hydrogen-bond acceptors (Lipinski definition) is 3. The molecule has 2 rings (SSSR count). The summed E-state index contributed by atoms with van der Waals surface area (Å²) in [6.45, 7) is 0. The van der Waals surface area contributed by atoms with E-state index in [2.05, 4.69) is 16.0 Å². The van der Waals surface area contributed by atoms with E-state index < -0.39 is 0 Å². The summed E-state index contributed by atoms with van der Waals surface area (Å²) < 4.78 is 5.21. The van der Waals surface area contributed by atoms with Crippen molar-refractivity contribution in [1.82, 2.24) is 10.6 Å². The number of para-hydroxylation sites is 2. The van der Waals surface area contributed by atoms with Crippen LogP contribution in [0.3, 0.4) is 0 Å². The highest BCUT2D eigenvalue weighted by atomic mass is 16.5. The quantitative estimate of drug-likeness (QED) is 0.791. The van der Waals surface area contributed by atoms with E-state index in [1.807, 2.05) is 31.3 Å². The van der Waals surface area contributed by atoms with Crippen LogP contribution in [0.4, 0.5) is 10.5 Å². The molecular formula is C15H23N3O2. The van der Waals surface area contributed by atoms with Gasteiger partial charge in [0, 0.05) is 12.1 Å². The Hall–Kier alpha value is -1.75. The third kappa shape index (κ3) is 3.87. The Labute approximate surface area is 120 Å². The zero-order chi connectivity index (χ0) is 14.4. The van der Waals surface area contributed by atoms with Crippen molar-refractivity contribution < 1.29 is 9.53 Å². The Kier molecular flexibility index (Phi) is 5.24. The minimum atomic E-state index is -0.164. The summed E-state index contributed by atoms with van der Waals surface area (Å²) in [4.78, 5) is 12.0. The number of ether oxygens (including phenoxy) is 1. The maximum absolute atomic E-state index is 12.0. The topological polar surface area (TPSA) is 62.4 Å². The zero-order valence-electron chi connectivity index (χ0n) is 12.1. The monoisotopic (exact) mass is 277 g/mol. The second-order valence-corrected chi connectivity index (χ2v) is 5.14. The molecule has 0 aliphatic heterocycles. The van der Waals surface area contributed by atoms with Gasteiger partial charge in [-0.25, -0.2) is 4.79 Å². The number of amides is 2. The van der Waals surface area contributed by atoms with Gasteiger partial charge in [-0.05, 0) is 44.9 Å². The zero-order valence-corrected chi connectivity index (χ0v) is 12.1. The van der Waals surface area contributed by atoms with E-state index in [0.717, 1.165) is 25.7 Å². The molecule has 110 valence electrons. The van der Waals surface area contributed by atoms with Gasteiger partial charge in [-0.3, -0.25) is 0 Å². The van der Waals surface area contributed by atoms with Crippen LogP contribution in [0.2, 0.25) is 0 Å². The summed E-state index contributed by atoms with van der Waals surface area (Å²) in [6, 6.07) is 8.09. The fraction of sp³-hybridized carbons (Fsp3) is 0.533. The number of rotatable bonds is 4. The first-order valence-corrected chi connectivity index (χ1v) is 7.10. The van der Waals surface area contributed by atoms with Gasteiger partial charge < -0.3 is 20.7 Å². The molecule has 0 aromatic heterocycles. The minimum absolute atomic E-state index is 0.164. The normalized spacial score (nSPS) is 22.1. The summed E-state index contributed by atoms with van der Waals surface area (Å²) >= 11 is 0. The standard InChI is InChI=1S/C15H23N3O2/c1-16-11-7-9-12(10-8-11)17-15(19)18-13-5-3-4-6-14(13)20-2/h3-6,11-12,16H,7-10H2,1-2H3,(H2,17,18,19). The molecule has 1 aliphatic rings. The fourth-order valence-corrected chi connectivity index (χ4v) is 2.62. The fourth-order valence-electron chi connectivity index (χ4n) is 2.62. The molecule has 1 aliphatic carbocycles. The largest absolute Gasteiger partial charge is 0.495 e. The van der Waals surface area contributed by atoms with Crippen LogP contribution in [-0.2, 0) is 0 Å². The van der Waals surface area contributed by atoms with Crippen molar-refractivity contribution in [2.75, 3.05) is 19.5 Å². The van der Waals surface area contributed by atoms with Crippen LogP contribution in [0.25, 0.3) is 0 Å². The van der Waals surface area contributed by atoms with Crippen molar-refractivity contribution >= 4 is 11.7 Å². The number of carbonyl (C=O) groups excluding carboxylic acids is 1. The van der Waals surface area contributed by atoms with E-state index in [4.69, 9.17) is 4.74 Å². The Morgan fingerprint density at radius 1 is 1.15 bits per heavy atom. The van der Waals surface area contributed by atoms with Crippen LogP contribution < -0.4 is 20.7 Å². The van der Waals surface area contributed by atoms with Crippen molar-refractivity contribution in [2.45, 2.75) is 37.8 Å². The second kappa shape index (κ2) is 7.14. The van der Waals surface area contributed by atoms with E-state index in [-0.39, 0.29) is 12.1 Å². The second-order valence-electron chi connectivity index (χ2n) is 5.14. The number of anilines is 1. The molecule has 0 spiro atoms. The number of carbonyl (C=O) groups is 1. The van der Waals surface area contributed by atoms with Crippen LogP contribution in [-0.4, -0.2) is 32.3 Å². The van der Waals surface area contributed by atoms with Gasteiger partial charge in [0.05, 0.1) is 12.8 Å². The molecule has 1 saturated carbocycles. The predicted octanol–water partition coefficient (Wildman–Crippen LogP) is 2.35. The summed E-state index contributed by atoms with van der Waals surface area (Å²) in [5.41, 5.74) is 0.691. The molecule has 1 fully saturated rings. The first-order valence-electron chi connectivity index (χ1n) is 7.10. The lowest BCUT2D eigenvalue weighted by molar-refractivity contribution is 0.241. The van der Waals surface area contributed by atoms with E-state index in [1.54, 1.807) is 7.11 Å². The third-order valence-electron chi connectivity index (χ3n) is 3.83. The van der Waals surface area contributed by atoms with Crippen molar-refractivity contribution in [2.24, 2.45) is 0 Å². The van der Waals surface area contributed by atoms with E-state index >= 15 is 0 Å². The van der Waals surface area contributed by atoms with Gasteiger partial charge in [0.1, 0.15) is 5.75 Å². The molecule has 5 heteroatoms.